The Morgan fingerprint density at radius 1 is 1.27 bits per heavy atom. The lowest BCUT2D eigenvalue weighted by Gasteiger charge is -2.09. The first kappa shape index (κ1) is 11.8. The average Bonchev–Trinajstić information content (AvgIpc) is 2.00. The standard InChI is InChI=1S/C8H8F3NO2S/c1-15(13,14)7-4-5(8(9,10)11)2-3-6(7)12/h2-4H,12H2,1H3. The van der Waals surface area contributed by atoms with Gasteiger partial charge in [0, 0.05) is 6.26 Å². The molecule has 0 fully saturated rings. The summed E-state index contributed by atoms with van der Waals surface area (Å²) in [6.45, 7) is 0. The van der Waals surface area contributed by atoms with Gasteiger partial charge in [-0.05, 0) is 18.2 Å². The Labute approximate surface area is 84.6 Å². The number of hydrogen-bond acceptors (Lipinski definition) is 3. The Kier molecular flexibility index (Phi) is 2.69. The summed E-state index contributed by atoms with van der Waals surface area (Å²) >= 11 is 0. The quantitative estimate of drug-likeness (QED) is 0.758. The van der Waals surface area contributed by atoms with Gasteiger partial charge < -0.3 is 5.73 Å². The van der Waals surface area contributed by atoms with Gasteiger partial charge in [0.05, 0.1) is 16.1 Å². The van der Waals surface area contributed by atoms with E-state index in [0.717, 1.165) is 18.4 Å². The molecule has 0 saturated heterocycles. The molecule has 1 aromatic rings. The van der Waals surface area contributed by atoms with E-state index in [-0.39, 0.29) is 5.69 Å². The minimum atomic E-state index is -4.58. The summed E-state index contributed by atoms with van der Waals surface area (Å²) in [6, 6.07) is 2.20. The Morgan fingerprint density at radius 2 is 1.80 bits per heavy atom. The molecule has 0 aliphatic heterocycles. The number of alkyl halides is 3. The fourth-order valence-corrected chi connectivity index (χ4v) is 1.87. The van der Waals surface area contributed by atoms with E-state index in [1.54, 1.807) is 0 Å². The van der Waals surface area contributed by atoms with Crippen LogP contribution in [-0.4, -0.2) is 14.7 Å². The smallest absolute Gasteiger partial charge is 0.398 e. The van der Waals surface area contributed by atoms with Gasteiger partial charge in [-0.1, -0.05) is 0 Å². The number of nitrogen functional groups attached to an aromatic ring is 1. The maximum atomic E-state index is 12.3. The largest absolute Gasteiger partial charge is 0.416 e. The Morgan fingerprint density at radius 3 is 2.20 bits per heavy atom. The third-order valence-electron chi connectivity index (χ3n) is 1.74. The summed E-state index contributed by atoms with van der Waals surface area (Å²) in [5.74, 6) is 0. The van der Waals surface area contributed by atoms with Crippen LogP contribution in [0.25, 0.3) is 0 Å². The molecule has 1 rings (SSSR count). The fraction of sp³-hybridized carbons (Fsp3) is 0.250. The maximum absolute atomic E-state index is 12.3. The topological polar surface area (TPSA) is 60.2 Å². The van der Waals surface area contributed by atoms with Crippen LogP contribution in [0, 0.1) is 0 Å². The van der Waals surface area contributed by atoms with Crippen LogP contribution >= 0.6 is 0 Å². The van der Waals surface area contributed by atoms with Crippen molar-refractivity contribution in [3.05, 3.63) is 23.8 Å². The number of nitrogens with two attached hydrogens (primary N) is 1. The third-order valence-corrected chi connectivity index (χ3v) is 2.89. The number of benzene rings is 1. The molecule has 0 aliphatic rings. The second-order valence-electron chi connectivity index (χ2n) is 3.02. The second-order valence-corrected chi connectivity index (χ2v) is 5.01. The lowest BCUT2D eigenvalue weighted by atomic mass is 10.2. The van der Waals surface area contributed by atoms with Gasteiger partial charge in [0.15, 0.2) is 9.84 Å². The van der Waals surface area contributed by atoms with E-state index in [0.29, 0.717) is 6.07 Å². The first-order chi connectivity index (χ1) is 6.62. The van der Waals surface area contributed by atoms with Crippen LogP contribution in [-0.2, 0) is 16.0 Å². The molecule has 0 heterocycles. The molecule has 0 aliphatic carbocycles. The van der Waals surface area contributed by atoms with Crippen LogP contribution < -0.4 is 5.73 Å². The molecule has 1 aromatic carbocycles. The highest BCUT2D eigenvalue weighted by molar-refractivity contribution is 7.90. The van der Waals surface area contributed by atoms with Crippen molar-refractivity contribution in [2.24, 2.45) is 0 Å². The van der Waals surface area contributed by atoms with E-state index in [2.05, 4.69) is 0 Å². The van der Waals surface area contributed by atoms with Gasteiger partial charge in [-0.3, -0.25) is 0 Å². The lowest BCUT2D eigenvalue weighted by Crippen LogP contribution is -2.09. The van der Waals surface area contributed by atoms with Crippen molar-refractivity contribution in [3.63, 3.8) is 0 Å². The van der Waals surface area contributed by atoms with Crippen LogP contribution in [0.2, 0.25) is 0 Å². The minimum absolute atomic E-state index is 0.189. The number of sulfone groups is 1. The first-order valence-corrected chi connectivity index (χ1v) is 5.68. The van der Waals surface area contributed by atoms with Gasteiger partial charge in [-0.2, -0.15) is 13.2 Å². The van der Waals surface area contributed by atoms with E-state index in [9.17, 15) is 21.6 Å². The number of anilines is 1. The predicted octanol–water partition coefficient (Wildman–Crippen LogP) is 1.69. The molecule has 7 heteroatoms. The van der Waals surface area contributed by atoms with Crippen LogP contribution in [0.5, 0.6) is 0 Å². The molecular formula is C8H8F3NO2S. The molecule has 0 bridgehead atoms. The molecule has 0 spiro atoms. The number of hydrogen-bond donors (Lipinski definition) is 1. The van der Waals surface area contributed by atoms with Gasteiger partial charge in [0.1, 0.15) is 0 Å². The molecule has 0 saturated carbocycles. The summed E-state index contributed by atoms with van der Waals surface area (Å²) in [4.78, 5) is -0.502. The summed E-state index contributed by atoms with van der Waals surface area (Å²) in [7, 11) is -3.74. The summed E-state index contributed by atoms with van der Waals surface area (Å²) < 4.78 is 58.9. The molecule has 2 N–H and O–H groups in total. The van der Waals surface area contributed by atoms with Crippen molar-refractivity contribution in [1.29, 1.82) is 0 Å². The van der Waals surface area contributed by atoms with Crippen LogP contribution in [0.3, 0.4) is 0 Å². The SMILES string of the molecule is CS(=O)(=O)c1cc(C(F)(F)F)ccc1N. The van der Waals surface area contributed by atoms with Crippen molar-refractivity contribution < 1.29 is 21.6 Å². The van der Waals surface area contributed by atoms with Crippen molar-refractivity contribution in [2.45, 2.75) is 11.1 Å². The summed E-state index contributed by atoms with van der Waals surface area (Å²) in [5.41, 5.74) is 4.05. The Balaban J connectivity index is 3.43. The van der Waals surface area contributed by atoms with E-state index in [4.69, 9.17) is 5.73 Å². The molecule has 84 valence electrons. The van der Waals surface area contributed by atoms with Crippen LogP contribution in [0.1, 0.15) is 5.56 Å². The predicted molar refractivity (Wildman–Crippen MR) is 49.0 cm³/mol. The normalized spacial score (nSPS) is 12.8. The van der Waals surface area contributed by atoms with E-state index in [1.165, 1.54) is 0 Å². The highest BCUT2D eigenvalue weighted by Gasteiger charge is 2.31. The summed E-state index contributed by atoms with van der Waals surface area (Å²) in [5, 5.41) is 0. The molecule has 0 aromatic heterocycles. The fourth-order valence-electron chi connectivity index (χ4n) is 1.03. The van der Waals surface area contributed by atoms with Crippen molar-refractivity contribution in [3.8, 4) is 0 Å². The van der Waals surface area contributed by atoms with Crippen molar-refractivity contribution in [2.75, 3.05) is 12.0 Å². The maximum Gasteiger partial charge on any atom is 0.416 e. The van der Waals surface area contributed by atoms with Gasteiger partial charge in [0.25, 0.3) is 0 Å². The van der Waals surface area contributed by atoms with Crippen molar-refractivity contribution in [1.82, 2.24) is 0 Å². The van der Waals surface area contributed by atoms with Crippen LogP contribution in [0.4, 0.5) is 18.9 Å². The summed E-state index contributed by atoms with van der Waals surface area (Å²) in [6.07, 6.45) is -3.77. The molecule has 3 nitrogen and oxygen atoms in total. The number of rotatable bonds is 1. The highest BCUT2D eigenvalue weighted by atomic mass is 32.2. The Bertz CT molecular complexity index is 479. The average molecular weight is 239 g/mol. The minimum Gasteiger partial charge on any atom is -0.398 e. The molecular weight excluding hydrogens is 231 g/mol. The Hall–Kier alpha value is -1.24. The first-order valence-electron chi connectivity index (χ1n) is 3.79. The highest BCUT2D eigenvalue weighted by Crippen LogP contribution is 2.32. The molecule has 0 amide bonds. The molecule has 15 heavy (non-hydrogen) atoms. The van der Waals surface area contributed by atoms with Gasteiger partial charge in [-0.25, -0.2) is 8.42 Å². The van der Waals surface area contributed by atoms with Crippen molar-refractivity contribution >= 4 is 15.5 Å². The molecule has 0 radical (unpaired) electrons. The van der Waals surface area contributed by atoms with E-state index < -0.39 is 26.5 Å². The monoisotopic (exact) mass is 239 g/mol. The van der Waals surface area contributed by atoms with Gasteiger partial charge in [-0.15, -0.1) is 0 Å². The number of halogens is 3. The molecule has 0 atom stereocenters. The zero-order chi connectivity index (χ0) is 11.9. The zero-order valence-corrected chi connectivity index (χ0v) is 8.48. The zero-order valence-electron chi connectivity index (χ0n) is 7.67. The van der Waals surface area contributed by atoms with Crippen LogP contribution in [0.15, 0.2) is 23.1 Å². The lowest BCUT2D eigenvalue weighted by molar-refractivity contribution is -0.137. The second kappa shape index (κ2) is 3.41. The van der Waals surface area contributed by atoms with Gasteiger partial charge in [0.2, 0.25) is 0 Å². The van der Waals surface area contributed by atoms with E-state index in [1.807, 2.05) is 0 Å². The van der Waals surface area contributed by atoms with E-state index >= 15 is 0 Å². The third kappa shape index (κ3) is 2.62. The van der Waals surface area contributed by atoms with Gasteiger partial charge >= 0.3 is 6.18 Å². The molecule has 0 unspecified atom stereocenters.